The lowest BCUT2D eigenvalue weighted by Crippen LogP contribution is -2.01. The van der Waals surface area contributed by atoms with Gasteiger partial charge in [-0.2, -0.15) is 0 Å². The van der Waals surface area contributed by atoms with Gasteiger partial charge in [-0.3, -0.25) is 0 Å². The van der Waals surface area contributed by atoms with E-state index >= 15 is 0 Å². The Hall–Kier alpha value is -7.83. The summed E-state index contributed by atoms with van der Waals surface area (Å²) < 4.78 is 66.9. The third-order valence-corrected chi connectivity index (χ3v) is 10.6. The highest BCUT2D eigenvalue weighted by molar-refractivity contribution is 6.11. The van der Waals surface area contributed by atoms with Gasteiger partial charge in [-0.05, 0) is 60.1 Å². The van der Waals surface area contributed by atoms with Crippen molar-refractivity contribution in [2.24, 2.45) is 0 Å². The van der Waals surface area contributed by atoms with Crippen molar-refractivity contribution in [3.63, 3.8) is 0 Å². The van der Waals surface area contributed by atoms with Crippen LogP contribution in [0.25, 0.3) is 117 Å². The fourth-order valence-electron chi connectivity index (χ4n) is 7.99. The number of hydrogen-bond donors (Lipinski definition) is 0. The van der Waals surface area contributed by atoms with Gasteiger partial charge in [0.15, 0.2) is 17.5 Å². The van der Waals surface area contributed by atoms with Crippen LogP contribution in [0.3, 0.4) is 0 Å². The Labute approximate surface area is 334 Å². The summed E-state index contributed by atoms with van der Waals surface area (Å²) in [6.45, 7) is 0. The Morgan fingerprint density at radius 2 is 0.965 bits per heavy atom. The predicted octanol–water partition coefficient (Wildman–Crippen LogP) is 13.4. The third-order valence-electron chi connectivity index (χ3n) is 10.6. The molecule has 0 spiro atoms. The van der Waals surface area contributed by atoms with E-state index in [2.05, 4.69) is 12.1 Å². The lowest BCUT2D eigenvalue weighted by molar-refractivity contribution is 0.669. The fraction of sp³-hybridized carbons (Fsp3) is 0. The molecule has 8 aromatic carbocycles. The Kier molecular flexibility index (Phi) is 5.64. The molecule has 0 amide bonds. The van der Waals surface area contributed by atoms with E-state index in [1.54, 1.807) is 4.57 Å². The highest BCUT2D eigenvalue weighted by Crippen LogP contribution is 2.38. The highest BCUT2D eigenvalue weighted by atomic mass is 16.3. The van der Waals surface area contributed by atoms with Crippen LogP contribution in [0.15, 0.2) is 191 Å². The summed E-state index contributed by atoms with van der Waals surface area (Å²) in [6.07, 6.45) is 0. The third kappa shape index (κ3) is 5.01. The van der Waals surface area contributed by atoms with Crippen molar-refractivity contribution in [1.29, 1.82) is 0 Å². The summed E-state index contributed by atoms with van der Waals surface area (Å²) in [5.74, 6) is 1.19. The Balaban J connectivity index is 1.07. The van der Waals surface area contributed by atoms with Gasteiger partial charge in [0.25, 0.3) is 0 Å². The summed E-state index contributed by atoms with van der Waals surface area (Å²) >= 11 is 0. The van der Waals surface area contributed by atoms with E-state index in [-0.39, 0.29) is 58.1 Å². The molecule has 12 rings (SSSR count). The summed E-state index contributed by atoms with van der Waals surface area (Å²) in [7, 11) is 0. The number of benzene rings is 8. The van der Waals surface area contributed by atoms with Crippen molar-refractivity contribution in [3.8, 4) is 51.0 Å². The van der Waals surface area contributed by atoms with E-state index in [9.17, 15) is 0 Å². The number of nitrogens with zero attached hydrogens (tertiary/aromatic N) is 4. The number of furan rings is 2. The van der Waals surface area contributed by atoms with Crippen LogP contribution in [0.2, 0.25) is 0 Å². The van der Waals surface area contributed by atoms with Crippen molar-refractivity contribution >= 4 is 65.7 Å². The van der Waals surface area contributed by atoms with Gasteiger partial charge < -0.3 is 13.4 Å². The molecule has 0 radical (unpaired) electrons. The van der Waals surface area contributed by atoms with Gasteiger partial charge in [-0.1, -0.05) is 127 Å². The maximum atomic E-state index is 8.99. The first-order chi connectivity index (χ1) is 30.7. The molecule has 0 bridgehead atoms. The normalized spacial score (nSPS) is 13.3. The van der Waals surface area contributed by atoms with E-state index in [1.807, 2.05) is 121 Å². The summed E-state index contributed by atoms with van der Waals surface area (Å²) in [5, 5.41) is 4.42. The molecular formula is C51H30N4O2. The lowest BCUT2D eigenvalue weighted by Gasteiger charge is -2.12. The monoisotopic (exact) mass is 736 g/mol. The Bertz CT molecular complexity index is 3840. The van der Waals surface area contributed by atoms with Gasteiger partial charge in [0.1, 0.15) is 22.3 Å². The topological polar surface area (TPSA) is 69.9 Å². The minimum atomic E-state index is -0.175. The highest BCUT2D eigenvalue weighted by Gasteiger charge is 2.18. The SMILES string of the molecule is [2H]c1cc([2H])c2c(c1[2H])c1c([2H])c([2H])cc([2H])c1n2-c1cccc(-c2nc(-c3cccc(-c4cccc5c4oc4ccccc45)c3)nc(-c3ccc4c(c3)oc3ccccc34)n2)c1. The second-order valence-electron chi connectivity index (χ2n) is 13.9. The molecular weight excluding hydrogens is 701 g/mol. The molecule has 0 aliphatic rings. The molecule has 6 nitrogen and oxygen atoms in total. The van der Waals surface area contributed by atoms with Crippen molar-refractivity contribution in [2.45, 2.75) is 0 Å². The minimum absolute atomic E-state index is 0.0399. The quantitative estimate of drug-likeness (QED) is 0.176. The number of rotatable bonds is 5. The van der Waals surface area contributed by atoms with Crippen LogP contribution in [0.4, 0.5) is 0 Å². The first kappa shape index (κ1) is 26.1. The zero-order valence-corrected chi connectivity index (χ0v) is 30.0. The molecule has 4 heterocycles. The first-order valence-electron chi connectivity index (χ1n) is 21.5. The largest absolute Gasteiger partial charge is 0.456 e. The standard InChI is InChI=1S/C51H30N4O2/c1-5-22-43-37(16-1)38-17-2-6-23-44(38)55(43)35-15-10-14-33(29-35)50-52-49(53-51(54-50)34-26-27-41-39-18-3-7-24-45(39)56-47(41)30-34)32-13-9-12-31(28-32)36-20-11-21-42-40-19-4-8-25-46(40)57-48(36)42/h1-30H/i1D,2D,16D,17D,22D,23D. The average molecular weight is 737 g/mol. The molecule has 0 N–H and O–H groups in total. The van der Waals surface area contributed by atoms with Crippen LogP contribution >= 0.6 is 0 Å². The Morgan fingerprint density at radius 3 is 1.70 bits per heavy atom. The van der Waals surface area contributed by atoms with Crippen LogP contribution < -0.4 is 0 Å². The van der Waals surface area contributed by atoms with Gasteiger partial charge in [0.05, 0.1) is 19.3 Å². The molecule has 0 saturated heterocycles. The van der Waals surface area contributed by atoms with E-state index in [4.69, 9.17) is 32.0 Å². The molecule has 57 heavy (non-hydrogen) atoms. The van der Waals surface area contributed by atoms with Gasteiger partial charge in [0, 0.05) is 60.3 Å². The van der Waals surface area contributed by atoms with Crippen LogP contribution in [0.1, 0.15) is 8.22 Å². The number of para-hydroxylation sites is 5. The molecule has 4 aromatic heterocycles. The van der Waals surface area contributed by atoms with E-state index in [0.29, 0.717) is 39.9 Å². The number of fused-ring (bicyclic) bond motifs is 9. The number of aromatic nitrogens is 4. The molecule has 0 unspecified atom stereocenters. The van der Waals surface area contributed by atoms with Crippen molar-refractivity contribution in [1.82, 2.24) is 19.5 Å². The summed E-state index contributed by atoms with van der Waals surface area (Å²) in [5.41, 5.74) is 8.04. The summed E-state index contributed by atoms with van der Waals surface area (Å²) in [6, 6.07) is 45.2. The fourth-order valence-corrected chi connectivity index (χ4v) is 7.99. The van der Waals surface area contributed by atoms with Gasteiger partial charge in [-0.15, -0.1) is 0 Å². The second-order valence-corrected chi connectivity index (χ2v) is 13.9. The number of hydrogen-bond acceptors (Lipinski definition) is 5. The van der Waals surface area contributed by atoms with Crippen molar-refractivity contribution < 1.29 is 17.1 Å². The zero-order chi connectivity index (χ0) is 42.7. The van der Waals surface area contributed by atoms with Gasteiger partial charge in [0.2, 0.25) is 0 Å². The molecule has 0 fully saturated rings. The summed E-state index contributed by atoms with van der Waals surface area (Å²) in [4.78, 5) is 15.3. The molecule has 0 atom stereocenters. The van der Waals surface area contributed by atoms with E-state index in [0.717, 1.165) is 55.0 Å². The Morgan fingerprint density at radius 1 is 0.404 bits per heavy atom. The van der Waals surface area contributed by atoms with Gasteiger partial charge in [-0.25, -0.2) is 15.0 Å². The van der Waals surface area contributed by atoms with Crippen LogP contribution in [0.5, 0.6) is 0 Å². The van der Waals surface area contributed by atoms with Gasteiger partial charge >= 0.3 is 0 Å². The van der Waals surface area contributed by atoms with Crippen LogP contribution in [-0.4, -0.2) is 19.5 Å². The molecule has 266 valence electrons. The maximum Gasteiger partial charge on any atom is 0.164 e. The average Bonchev–Trinajstić information content (AvgIpc) is 4.00. The predicted molar refractivity (Wildman–Crippen MR) is 230 cm³/mol. The van der Waals surface area contributed by atoms with Crippen molar-refractivity contribution in [2.75, 3.05) is 0 Å². The van der Waals surface area contributed by atoms with E-state index in [1.165, 1.54) is 12.1 Å². The second kappa shape index (κ2) is 12.3. The first-order valence-corrected chi connectivity index (χ1v) is 18.5. The maximum absolute atomic E-state index is 8.99. The molecule has 0 aliphatic heterocycles. The minimum Gasteiger partial charge on any atom is -0.456 e. The lowest BCUT2D eigenvalue weighted by atomic mass is 10.00. The molecule has 12 aromatic rings. The van der Waals surface area contributed by atoms with E-state index < -0.39 is 0 Å². The zero-order valence-electron chi connectivity index (χ0n) is 36.0. The molecule has 0 saturated carbocycles. The smallest absolute Gasteiger partial charge is 0.164 e. The van der Waals surface area contributed by atoms with Crippen molar-refractivity contribution in [3.05, 3.63) is 182 Å². The molecule has 0 aliphatic carbocycles. The van der Waals surface area contributed by atoms with Crippen LogP contribution in [0, 0.1) is 0 Å². The van der Waals surface area contributed by atoms with Crippen LogP contribution in [-0.2, 0) is 0 Å². The molecule has 6 heteroatoms.